The zero-order valence-corrected chi connectivity index (χ0v) is 11.8. The second-order valence-electron chi connectivity index (χ2n) is 4.28. The van der Waals surface area contributed by atoms with Gasteiger partial charge in [-0.05, 0) is 25.5 Å². The van der Waals surface area contributed by atoms with Gasteiger partial charge in [0.25, 0.3) is 0 Å². The molecule has 0 unspecified atom stereocenters. The van der Waals surface area contributed by atoms with Gasteiger partial charge in [-0.1, -0.05) is 22.4 Å². The predicted octanol–water partition coefficient (Wildman–Crippen LogP) is 4.04. The van der Waals surface area contributed by atoms with E-state index < -0.39 is 0 Å². The molecular weight excluding hydrogens is 260 g/mol. The summed E-state index contributed by atoms with van der Waals surface area (Å²) in [5.74, 6) is 0. The Labute approximate surface area is 109 Å². The maximum atomic E-state index is 6.16. The van der Waals surface area contributed by atoms with Crippen LogP contribution in [0, 0.1) is 0 Å². The second kappa shape index (κ2) is 4.17. The number of rotatable bonds is 2. The summed E-state index contributed by atoms with van der Waals surface area (Å²) in [5, 5.41) is 1.74. The minimum Gasteiger partial charge on any atom is -0.334 e. The minimum absolute atomic E-state index is 0.0660. The Hall–Kier alpha value is -0.320. The van der Waals surface area contributed by atoms with Crippen molar-refractivity contribution in [2.45, 2.75) is 18.6 Å². The topological polar surface area (TPSA) is 17.8 Å². The monoisotopic (exact) mass is 272 g/mol. The molecule has 0 amide bonds. The van der Waals surface area contributed by atoms with E-state index in [4.69, 9.17) is 11.6 Å². The van der Waals surface area contributed by atoms with Crippen molar-refractivity contribution in [2.24, 2.45) is 7.05 Å². The first-order valence-corrected chi connectivity index (χ1v) is 7.14. The molecule has 2 nitrogen and oxygen atoms in total. The molecule has 0 saturated heterocycles. The number of aromatic nitrogens is 2. The first-order chi connectivity index (χ1) is 7.45. The number of nitrogens with zero attached hydrogens (tertiary/aromatic N) is 2. The third-order valence-corrected chi connectivity index (χ3v) is 5.05. The Bertz CT molecular complexity index is 534. The largest absolute Gasteiger partial charge is 0.334 e. The maximum Gasteiger partial charge on any atom is 0.141 e. The zero-order valence-electron chi connectivity index (χ0n) is 9.36. The Kier molecular flexibility index (Phi) is 3.16. The normalized spacial score (nSPS) is 12.3. The van der Waals surface area contributed by atoms with Crippen molar-refractivity contribution in [3.8, 4) is 0 Å². The molecule has 2 rings (SSSR count). The Morgan fingerprint density at radius 3 is 2.81 bits per heavy atom. The third kappa shape index (κ3) is 1.94. The van der Waals surface area contributed by atoms with Crippen molar-refractivity contribution in [3.05, 3.63) is 29.0 Å². The SMILES string of the molecule is Cn1cc(Cl)c2cc(C(C)(C)SS)cnc21. The van der Waals surface area contributed by atoms with Crippen molar-refractivity contribution in [1.82, 2.24) is 9.55 Å². The highest BCUT2D eigenvalue weighted by atomic mass is 35.5. The highest BCUT2D eigenvalue weighted by molar-refractivity contribution is 8.68. The summed E-state index contributed by atoms with van der Waals surface area (Å²) < 4.78 is 1.87. The van der Waals surface area contributed by atoms with Crippen LogP contribution in [0.4, 0.5) is 0 Å². The highest BCUT2D eigenvalue weighted by Crippen LogP contribution is 2.39. The van der Waals surface area contributed by atoms with Gasteiger partial charge in [0.05, 0.1) is 5.02 Å². The van der Waals surface area contributed by atoms with Crippen LogP contribution in [0.1, 0.15) is 19.4 Å². The molecule has 0 aromatic carbocycles. The molecule has 0 aliphatic carbocycles. The van der Waals surface area contributed by atoms with Crippen molar-refractivity contribution < 1.29 is 0 Å². The Morgan fingerprint density at radius 2 is 2.19 bits per heavy atom. The Balaban J connectivity index is 2.64. The summed E-state index contributed by atoms with van der Waals surface area (Å²) >= 11 is 10.4. The molecule has 0 atom stereocenters. The van der Waals surface area contributed by atoms with Gasteiger partial charge >= 0.3 is 0 Å². The van der Waals surface area contributed by atoms with E-state index in [0.29, 0.717) is 0 Å². The smallest absolute Gasteiger partial charge is 0.141 e. The van der Waals surface area contributed by atoms with E-state index in [1.165, 1.54) is 10.8 Å². The molecule has 0 saturated carbocycles. The standard InChI is InChI=1S/C11H13ClN2S2/c1-11(2,16-15)7-4-8-9(12)6-14(3)10(8)13-5-7/h4-6,15H,1-3H3. The molecular formula is C11H13ClN2S2. The fourth-order valence-corrected chi connectivity index (χ4v) is 2.42. The molecule has 0 aliphatic heterocycles. The van der Waals surface area contributed by atoms with Crippen molar-refractivity contribution >= 4 is 45.1 Å². The van der Waals surface area contributed by atoms with Gasteiger partial charge in [-0.25, -0.2) is 4.98 Å². The highest BCUT2D eigenvalue weighted by Gasteiger charge is 2.21. The fourth-order valence-electron chi connectivity index (χ4n) is 1.60. The van der Waals surface area contributed by atoms with Crippen molar-refractivity contribution in [2.75, 3.05) is 0 Å². The molecule has 2 aromatic rings. The first-order valence-electron chi connectivity index (χ1n) is 4.89. The van der Waals surface area contributed by atoms with Gasteiger partial charge in [0, 0.05) is 29.6 Å². The maximum absolute atomic E-state index is 6.16. The van der Waals surface area contributed by atoms with Crippen molar-refractivity contribution in [1.29, 1.82) is 0 Å². The van der Waals surface area contributed by atoms with Crippen LogP contribution in [0.5, 0.6) is 0 Å². The second-order valence-corrected chi connectivity index (χ2v) is 6.44. The van der Waals surface area contributed by atoms with Crippen LogP contribution in [0.15, 0.2) is 18.5 Å². The van der Waals surface area contributed by atoms with Crippen molar-refractivity contribution in [3.63, 3.8) is 0 Å². The number of halogens is 1. The number of thiol groups is 1. The van der Waals surface area contributed by atoms with E-state index in [2.05, 4.69) is 36.6 Å². The molecule has 5 heteroatoms. The van der Waals surface area contributed by atoms with Crippen LogP contribution in [0.3, 0.4) is 0 Å². The molecule has 0 fully saturated rings. The number of hydrogen-bond donors (Lipinski definition) is 1. The summed E-state index contributed by atoms with van der Waals surface area (Å²) in [6, 6.07) is 2.09. The van der Waals surface area contributed by atoms with E-state index in [0.717, 1.165) is 21.6 Å². The van der Waals surface area contributed by atoms with Gasteiger partial charge in [0.2, 0.25) is 0 Å². The molecule has 86 valence electrons. The van der Waals surface area contributed by atoms with Gasteiger partial charge < -0.3 is 4.57 Å². The van der Waals surface area contributed by atoms with Gasteiger partial charge in [-0.2, -0.15) is 0 Å². The summed E-state index contributed by atoms with van der Waals surface area (Å²) in [4.78, 5) is 4.45. The molecule has 0 spiro atoms. The zero-order chi connectivity index (χ0) is 11.9. The molecule has 2 aromatic heterocycles. The van der Waals surface area contributed by atoms with E-state index in [9.17, 15) is 0 Å². The number of fused-ring (bicyclic) bond motifs is 1. The molecule has 2 heterocycles. The van der Waals surface area contributed by atoms with Gasteiger partial charge in [0.15, 0.2) is 0 Å². The summed E-state index contributed by atoms with van der Waals surface area (Å²) in [7, 11) is 3.45. The van der Waals surface area contributed by atoms with Gasteiger partial charge in [0.1, 0.15) is 5.65 Å². The van der Waals surface area contributed by atoms with Crippen LogP contribution in [0.2, 0.25) is 5.02 Å². The first kappa shape index (κ1) is 12.1. The van der Waals surface area contributed by atoms with E-state index >= 15 is 0 Å². The predicted molar refractivity (Wildman–Crippen MR) is 75.3 cm³/mol. The minimum atomic E-state index is -0.0660. The lowest BCUT2D eigenvalue weighted by Crippen LogP contribution is -2.10. The molecule has 0 bridgehead atoms. The number of aryl methyl sites for hydroxylation is 1. The fraction of sp³-hybridized carbons (Fsp3) is 0.364. The summed E-state index contributed by atoms with van der Waals surface area (Å²) in [6.45, 7) is 4.23. The molecule has 16 heavy (non-hydrogen) atoms. The number of pyridine rings is 1. The average Bonchev–Trinajstić information content (AvgIpc) is 2.54. The summed E-state index contributed by atoms with van der Waals surface area (Å²) in [5.41, 5.74) is 2.04. The van der Waals surface area contributed by atoms with Crippen LogP contribution in [0.25, 0.3) is 11.0 Å². The third-order valence-electron chi connectivity index (χ3n) is 2.69. The average molecular weight is 273 g/mol. The molecule has 0 aliphatic rings. The lowest BCUT2D eigenvalue weighted by atomic mass is 10.0. The van der Waals surface area contributed by atoms with Crippen LogP contribution in [-0.2, 0) is 11.8 Å². The molecule has 0 radical (unpaired) electrons. The number of hydrogen-bond acceptors (Lipinski definition) is 3. The lowest BCUT2D eigenvalue weighted by Gasteiger charge is -2.21. The van der Waals surface area contributed by atoms with Gasteiger partial charge in [-0.3, -0.25) is 0 Å². The molecule has 0 N–H and O–H groups in total. The summed E-state index contributed by atoms with van der Waals surface area (Å²) in [6.07, 6.45) is 3.77. The lowest BCUT2D eigenvalue weighted by molar-refractivity contribution is 0.785. The van der Waals surface area contributed by atoms with Gasteiger partial charge in [-0.15, -0.1) is 11.7 Å². The van der Waals surface area contributed by atoms with Crippen LogP contribution in [-0.4, -0.2) is 9.55 Å². The Morgan fingerprint density at radius 1 is 1.50 bits per heavy atom. The quantitative estimate of drug-likeness (QED) is 0.657. The van der Waals surface area contributed by atoms with E-state index in [-0.39, 0.29) is 4.75 Å². The van der Waals surface area contributed by atoms with Crippen LogP contribution >= 0.6 is 34.1 Å². The van der Waals surface area contributed by atoms with E-state index in [1.807, 2.05) is 24.0 Å². The van der Waals surface area contributed by atoms with E-state index in [1.54, 1.807) is 0 Å². The van der Waals surface area contributed by atoms with Crippen LogP contribution < -0.4 is 0 Å².